The Bertz CT molecular complexity index is 4030. The van der Waals surface area contributed by atoms with Crippen molar-refractivity contribution < 1.29 is 0 Å². The molecule has 14 rings (SSSR count). The molecule has 4 aromatic heterocycles. The van der Waals surface area contributed by atoms with Gasteiger partial charge in [0.1, 0.15) is 0 Å². The van der Waals surface area contributed by atoms with E-state index in [0.717, 1.165) is 24.2 Å². The summed E-state index contributed by atoms with van der Waals surface area (Å²) in [5.41, 5.74) is 18.4. The highest BCUT2D eigenvalue weighted by molar-refractivity contribution is 6.22. The first-order valence-electron chi connectivity index (χ1n) is 22.3. The second-order valence-corrected chi connectivity index (χ2v) is 17.2. The molecular formula is C60H40N4. The number of fused-ring (bicyclic) bond motifs is 13. The van der Waals surface area contributed by atoms with Gasteiger partial charge in [0, 0.05) is 71.7 Å². The number of para-hydroxylation sites is 5. The third-order valence-electron chi connectivity index (χ3n) is 13.8. The summed E-state index contributed by atoms with van der Waals surface area (Å²) < 4.78 is 9.82. The Hall–Kier alpha value is -8.34. The maximum absolute atomic E-state index is 2.53. The molecule has 0 atom stereocenters. The minimum Gasteiger partial charge on any atom is -0.312 e. The van der Waals surface area contributed by atoms with Gasteiger partial charge in [-0.3, -0.25) is 0 Å². The van der Waals surface area contributed by atoms with E-state index in [4.69, 9.17) is 0 Å². The normalized spacial score (nSPS) is 12.8. The molecule has 0 saturated carbocycles. The lowest BCUT2D eigenvalue weighted by atomic mass is 10.0. The van der Waals surface area contributed by atoms with E-state index in [9.17, 15) is 0 Å². The number of hydrogen-bond donors (Lipinski definition) is 0. The molecule has 0 saturated heterocycles. The summed E-state index contributed by atoms with van der Waals surface area (Å²) in [5, 5.41) is 8.89. The Morgan fingerprint density at radius 3 is 1.33 bits per heavy atom. The van der Waals surface area contributed by atoms with Crippen LogP contribution in [0.4, 0.5) is 0 Å². The zero-order valence-corrected chi connectivity index (χ0v) is 35.0. The molecule has 64 heavy (non-hydrogen) atoms. The van der Waals surface area contributed by atoms with Gasteiger partial charge in [0.15, 0.2) is 0 Å². The standard InChI is InChI=1S/C60H40N4/c1-3-15-41(16-4-1)62-52-23-11-8-20-46(52)50-38-58-51(37-57(50)62)47-21-9-12-24-53(47)63(58)44-33-29-40(30-34-44)39-27-31-43(32-28-39)61-55-26-14-10-22-49(55)59-56(61)36-35-48-45-19-7-13-25-54(45)64(60(48)59)42-17-5-2-6-18-42/h1-12,14-24,26-38H,13,25H2. The molecule has 0 N–H and O–H groups in total. The fourth-order valence-electron chi connectivity index (χ4n) is 11.1. The van der Waals surface area contributed by atoms with Gasteiger partial charge >= 0.3 is 0 Å². The summed E-state index contributed by atoms with van der Waals surface area (Å²) in [6.07, 6.45) is 6.75. The van der Waals surface area contributed by atoms with E-state index in [-0.39, 0.29) is 0 Å². The summed E-state index contributed by atoms with van der Waals surface area (Å²) in [6, 6.07) is 75.8. The summed E-state index contributed by atoms with van der Waals surface area (Å²) in [5.74, 6) is 0. The Balaban J connectivity index is 0.884. The fourth-order valence-corrected chi connectivity index (χ4v) is 11.1. The fraction of sp³-hybridized carbons (Fsp3) is 0.0333. The van der Waals surface area contributed by atoms with Crippen molar-refractivity contribution in [3.63, 3.8) is 0 Å². The summed E-state index contributed by atoms with van der Waals surface area (Å²) in [6.45, 7) is 0. The third kappa shape index (κ3) is 4.99. The van der Waals surface area contributed by atoms with E-state index in [1.165, 1.54) is 110 Å². The van der Waals surface area contributed by atoms with Crippen LogP contribution in [0.3, 0.4) is 0 Å². The van der Waals surface area contributed by atoms with Gasteiger partial charge in [-0.15, -0.1) is 0 Å². The van der Waals surface area contributed by atoms with Crippen LogP contribution in [0.15, 0.2) is 212 Å². The van der Waals surface area contributed by atoms with E-state index >= 15 is 0 Å². The predicted molar refractivity (Wildman–Crippen MR) is 269 cm³/mol. The highest BCUT2D eigenvalue weighted by Gasteiger charge is 2.24. The van der Waals surface area contributed by atoms with Crippen LogP contribution in [-0.2, 0) is 6.42 Å². The van der Waals surface area contributed by atoms with Crippen LogP contribution in [0, 0.1) is 0 Å². The molecule has 0 radical (unpaired) electrons. The molecule has 0 fully saturated rings. The Kier molecular flexibility index (Phi) is 7.48. The molecule has 4 heterocycles. The molecule has 0 bridgehead atoms. The predicted octanol–water partition coefficient (Wildman–Crippen LogP) is 15.5. The average Bonchev–Trinajstić information content (AvgIpc) is 4.09. The summed E-state index contributed by atoms with van der Waals surface area (Å²) >= 11 is 0. The largest absolute Gasteiger partial charge is 0.312 e. The van der Waals surface area contributed by atoms with Crippen molar-refractivity contribution in [3.05, 3.63) is 224 Å². The lowest BCUT2D eigenvalue weighted by Crippen LogP contribution is -2.02. The lowest BCUT2D eigenvalue weighted by molar-refractivity contribution is 0.890. The Labute approximate surface area is 369 Å². The topological polar surface area (TPSA) is 19.7 Å². The molecule has 1 aliphatic carbocycles. The zero-order chi connectivity index (χ0) is 41.9. The van der Waals surface area contributed by atoms with Gasteiger partial charge in [-0.1, -0.05) is 133 Å². The number of nitrogens with zero attached hydrogens (tertiary/aromatic N) is 4. The van der Waals surface area contributed by atoms with Crippen molar-refractivity contribution in [1.29, 1.82) is 0 Å². The minimum absolute atomic E-state index is 1.03. The van der Waals surface area contributed by atoms with E-state index in [0.29, 0.717) is 0 Å². The smallest absolute Gasteiger partial charge is 0.0638 e. The van der Waals surface area contributed by atoms with Gasteiger partial charge in [-0.25, -0.2) is 0 Å². The quantitative estimate of drug-likeness (QED) is 0.165. The number of hydrogen-bond acceptors (Lipinski definition) is 0. The van der Waals surface area contributed by atoms with Gasteiger partial charge in [-0.2, -0.15) is 0 Å². The zero-order valence-electron chi connectivity index (χ0n) is 35.0. The molecule has 4 heteroatoms. The van der Waals surface area contributed by atoms with Crippen molar-refractivity contribution >= 4 is 82.4 Å². The summed E-state index contributed by atoms with van der Waals surface area (Å²) in [4.78, 5) is 0. The maximum atomic E-state index is 2.53. The van der Waals surface area contributed by atoms with Crippen LogP contribution in [0.5, 0.6) is 0 Å². The molecule has 0 amide bonds. The number of benzene rings is 9. The van der Waals surface area contributed by atoms with Crippen LogP contribution in [-0.4, -0.2) is 18.3 Å². The molecular weight excluding hydrogens is 777 g/mol. The first kappa shape index (κ1) is 35.3. The van der Waals surface area contributed by atoms with Gasteiger partial charge in [0.2, 0.25) is 0 Å². The summed E-state index contributed by atoms with van der Waals surface area (Å²) in [7, 11) is 0. The third-order valence-corrected chi connectivity index (χ3v) is 13.8. The first-order valence-corrected chi connectivity index (χ1v) is 22.3. The highest BCUT2D eigenvalue weighted by atomic mass is 15.0. The van der Waals surface area contributed by atoms with Crippen LogP contribution in [0.1, 0.15) is 17.7 Å². The van der Waals surface area contributed by atoms with Crippen molar-refractivity contribution in [1.82, 2.24) is 18.3 Å². The van der Waals surface area contributed by atoms with Crippen molar-refractivity contribution in [2.45, 2.75) is 12.8 Å². The SMILES string of the molecule is C1=Cc2c(n(-c3ccccc3)c3c2ccc2c3c3ccccc3n2-c2ccc(-c3ccc(-n4c5ccccc5c5cc6c(cc54)c4ccccc4n6-c4ccccc4)cc3)cc2)CC1. The van der Waals surface area contributed by atoms with E-state index in [1.54, 1.807) is 0 Å². The second kappa shape index (κ2) is 13.6. The monoisotopic (exact) mass is 816 g/mol. The van der Waals surface area contributed by atoms with Crippen LogP contribution >= 0.6 is 0 Å². The van der Waals surface area contributed by atoms with Crippen molar-refractivity contribution in [2.24, 2.45) is 0 Å². The first-order chi connectivity index (χ1) is 31.8. The van der Waals surface area contributed by atoms with E-state index in [1.807, 2.05) is 0 Å². The van der Waals surface area contributed by atoms with Crippen molar-refractivity contribution in [3.8, 4) is 33.9 Å². The van der Waals surface area contributed by atoms with Crippen LogP contribution < -0.4 is 0 Å². The number of allylic oxidation sites excluding steroid dienone is 1. The molecule has 1 aliphatic rings. The lowest BCUT2D eigenvalue weighted by Gasteiger charge is -2.13. The maximum Gasteiger partial charge on any atom is 0.0638 e. The van der Waals surface area contributed by atoms with Gasteiger partial charge in [0.05, 0.1) is 38.6 Å². The van der Waals surface area contributed by atoms with E-state index < -0.39 is 0 Å². The molecule has 0 aliphatic heterocycles. The number of aromatic nitrogens is 4. The molecule has 4 nitrogen and oxygen atoms in total. The molecule has 9 aromatic carbocycles. The van der Waals surface area contributed by atoms with Crippen LogP contribution in [0.2, 0.25) is 0 Å². The molecule has 300 valence electrons. The van der Waals surface area contributed by atoms with Gasteiger partial charge in [-0.05, 0) is 109 Å². The van der Waals surface area contributed by atoms with Crippen molar-refractivity contribution in [2.75, 3.05) is 0 Å². The average molecular weight is 817 g/mol. The number of rotatable bonds is 5. The van der Waals surface area contributed by atoms with Crippen LogP contribution in [0.25, 0.3) is 116 Å². The molecule has 13 aromatic rings. The van der Waals surface area contributed by atoms with E-state index in [2.05, 4.69) is 237 Å². The van der Waals surface area contributed by atoms with Gasteiger partial charge < -0.3 is 18.3 Å². The Morgan fingerprint density at radius 1 is 0.312 bits per heavy atom. The molecule has 0 unspecified atom stereocenters. The Morgan fingerprint density at radius 2 is 0.766 bits per heavy atom. The minimum atomic E-state index is 1.03. The molecule has 0 spiro atoms. The van der Waals surface area contributed by atoms with Gasteiger partial charge in [0.25, 0.3) is 0 Å². The second-order valence-electron chi connectivity index (χ2n) is 17.2. The highest BCUT2D eigenvalue weighted by Crippen LogP contribution is 2.44.